The fourth-order valence-electron chi connectivity index (χ4n) is 4.38. The van der Waals surface area contributed by atoms with Crippen molar-refractivity contribution in [2.45, 2.75) is 37.6 Å². The molecule has 2 unspecified atom stereocenters. The molecule has 1 fully saturated rings. The van der Waals surface area contributed by atoms with Gasteiger partial charge in [0.2, 0.25) is 10.0 Å². The van der Waals surface area contributed by atoms with Crippen LogP contribution in [0.25, 0.3) is 0 Å². The molecule has 30 heavy (non-hydrogen) atoms. The van der Waals surface area contributed by atoms with Gasteiger partial charge in [-0.05, 0) is 66.6 Å². The first-order chi connectivity index (χ1) is 13.9. The molecule has 0 radical (unpaired) electrons. The molecule has 0 aromatic heterocycles. The second kappa shape index (κ2) is 9.88. The van der Waals surface area contributed by atoms with E-state index in [1.807, 2.05) is 24.3 Å². The van der Waals surface area contributed by atoms with E-state index < -0.39 is 10.0 Å². The second-order valence-corrected chi connectivity index (χ2v) is 10.4. The van der Waals surface area contributed by atoms with Gasteiger partial charge in [0, 0.05) is 30.1 Å². The van der Waals surface area contributed by atoms with Gasteiger partial charge in [0.1, 0.15) is 12.4 Å². The third-order valence-electron chi connectivity index (χ3n) is 5.94. The summed E-state index contributed by atoms with van der Waals surface area (Å²) in [5.41, 5.74) is 10.2. The molecule has 1 aliphatic heterocycles. The first-order valence-corrected chi connectivity index (χ1v) is 12.1. The Bertz CT molecular complexity index is 984. The van der Waals surface area contributed by atoms with E-state index in [2.05, 4.69) is 18.2 Å². The van der Waals surface area contributed by atoms with E-state index in [1.165, 1.54) is 21.0 Å². The molecule has 0 spiro atoms. The molecule has 0 amide bonds. The van der Waals surface area contributed by atoms with E-state index in [0.29, 0.717) is 26.1 Å². The Labute approximate surface area is 190 Å². The average Bonchev–Trinajstić information content (AvgIpc) is 3.02. The summed E-state index contributed by atoms with van der Waals surface area (Å²) < 4.78 is 31.3. The summed E-state index contributed by atoms with van der Waals surface area (Å²) in [6, 6.07) is 14.2. The third-order valence-corrected chi connectivity index (χ3v) is 8.13. The lowest BCUT2D eigenvalue weighted by Gasteiger charge is -2.32. The number of fused-ring (bicyclic) bond motifs is 1. The number of nitrogens with zero attached hydrogens (tertiary/aromatic N) is 1. The van der Waals surface area contributed by atoms with E-state index in [4.69, 9.17) is 22.1 Å². The predicted molar refractivity (Wildman–Crippen MR) is 123 cm³/mol. The van der Waals surface area contributed by atoms with Crippen molar-refractivity contribution in [1.29, 1.82) is 0 Å². The van der Waals surface area contributed by atoms with Crippen LogP contribution < -0.4 is 10.5 Å². The molecule has 2 aromatic carbocycles. The lowest BCUT2D eigenvalue weighted by molar-refractivity contribution is 0.278. The highest BCUT2D eigenvalue weighted by Gasteiger charge is 2.29. The summed E-state index contributed by atoms with van der Waals surface area (Å²) >= 11 is 6.16. The van der Waals surface area contributed by atoms with Crippen LogP contribution in [0, 0.1) is 0 Å². The first-order valence-electron chi connectivity index (χ1n) is 10.2. The molecule has 1 saturated heterocycles. The molecule has 1 aliphatic carbocycles. The predicted octanol–water partition coefficient (Wildman–Crippen LogP) is 3.78. The van der Waals surface area contributed by atoms with E-state index in [-0.39, 0.29) is 30.1 Å². The van der Waals surface area contributed by atoms with Crippen molar-refractivity contribution < 1.29 is 13.2 Å². The van der Waals surface area contributed by atoms with Crippen molar-refractivity contribution in [2.75, 3.05) is 25.4 Å². The van der Waals surface area contributed by atoms with Gasteiger partial charge in [0.05, 0.1) is 5.75 Å². The number of rotatable bonds is 6. The summed E-state index contributed by atoms with van der Waals surface area (Å²) in [4.78, 5) is 0. The van der Waals surface area contributed by atoms with Crippen LogP contribution >= 0.6 is 24.0 Å². The number of aryl methyl sites for hydroxylation is 1. The molecule has 1 heterocycles. The number of halogens is 2. The van der Waals surface area contributed by atoms with Gasteiger partial charge in [-0.1, -0.05) is 29.8 Å². The minimum absolute atomic E-state index is 0. The largest absolute Gasteiger partial charge is 0.492 e. The Morgan fingerprint density at radius 1 is 1.20 bits per heavy atom. The molecule has 0 bridgehead atoms. The Morgan fingerprint density at radius 3 is 2.77 bits per heavy atom. The van der Waals surface area contributed by atoms with Crippen molar-refractivity contribution >= 4 is 34.0 Å². The van der Waals surface area contributed by atoms with Crippen LogP contribution in [0.5, 0.6) is 5.75 Å². The van der Waals surface area contributed by atoms with Gasteiger partial charge in [-0.25, -0.2) is 8.42 Å². The van der Waals surface area contributed by atoms with Gasteiger partial charge in [0.15, 0.2) is 0 Å². The summed E-state index contributed by atoms with van der Waals surface area (Å²) in [6.45, 7) is 1.33. The SMILES string of the molecule is Cl.NC1CCc2ccc(OCCN3CCCS3(=O)=O)cc2C1Cc1cccc(Cl)c1. The molecule has 2 atom stereocenters. The fraction of sp³-hybridized carbons (Fsp3) is 0.455. The van der Waals surface area contributed by atoms with Crippen LogP contribution in [0.3, 0.4) is 0 Å². The van der Waals surface area contributed by atoms with E-state index in [9.17, 15) is 8.42 Å². The van der Waals surface area contributed by atoms with E-state index >= 15 is 0 Å². The third kappa shape index (κ3) is 5.29. The van der Waals surface area contributed by atoms with Gasteiger partial charge in [-0.2, -0.15) is 4.31 Å². The first kappa shape index (κ1) is 23.4. The second-order valence-electron chi connectivity index (χ2n) is 7.92. The molecule has 5 nitrogen and oxygen atoms in total. The van der Waals surface area contributed by atoms with Crippen molar-refractivity contribution in [1.82, 2.24) is 4.31 Å². The maximum Gasteiger partial charge on any atom is 0.214 e. The monoisotopic (exact) mass is 470 g/mol. The lowest BCUT2D eigenvalue weighted by atomic mass is 9.76. The quantitative estimate of drug-likeness (QED) is 0.696. The number of ether oxygens (including phenoxy) is 1. The van der Waals surface area contributed by atoms with E-state index in [1.54, 1.807) is 0 Å². The highest BCUT2D eigenvalue weighted by atomic mass is 35.5. The number of benzene rings is 2. The highest BCUT2D eigenvalue weighted by molar-refractivity contribution is 7.89. The number of hydrogen-bond acceptors (Lipinski definition) is 4. The molecule has 2 N–H and O–H groups in total. The van der Waals surface area contributed by atoms with Crippen LogP contribution in [0.1, 0.15) is 35.4 Å². The summed E-state index contributed by atoms with van der Waals surface area (Å²) in [5.74, 6) is 1.22. The van der Waals surface area contributed by atoms with Gasteiger partial charge in [0.25, 0.3) is 0 Å². The van der Waals surface area contributed by atoms with Crippen LogP contribution in [0.15, 0.2) is 42.5 Å². The summed E-state index contributed by atoms with van der Waals surface area (Å²) in [6.07, 6.45) is 3.47. The molecular formula is C22H28Cl2N2O3S. The Morgan fingerprint density at radius 2 is 2.03 bits per heavy atom. The van der Waals surface area contributed by atoms with Crippen molar-refractivity contribution in [3.63, 3.8) is 0 Å². The van der Waals surface area contributed by atoms with Crippen LogP contribution in [-0.4, -0.2) is 44.2 Å². The van der Waals surface area contributed by atoms with Gasteiger partial charge in [-0.15, -0.1) is 12.4 Å². The fourth-order valence-corrected chi connectivity index (χ4v) is 6.10. The number of hydrogen-bond donors (Lipinski definition) is 1. The zero-order valence-corrected chi connectivity index (χ0v) is 19.2. The Balaban J connectivity index is 0.00000256. The van der Waals surface area contributed by atoms with Crippen molar-refractivity contribution in [3.05, 3.63) is 64.2 Å². The van der Waals surface area contributed by atoms with Crippen molar-refractivity contribution in [2.24, 2.45) is 5.73 Å². The van der Waals surface area contributed by atoms with Gasteiger partial charge < -0.3 is 10.5 Å². The van der Waals surface area contributed by atoms with Gasteiger partial charge >= 0.3 is 0 Å². The molecular weight excluding hydrogens is 443 g/mol. The van der Waals surface area contributed by atoms with Gasteiger partial charge in [-0.3, -0.25) is 0 Å². The molecule has 2 aromatic rings. The van der Waals surface area contributed by atoms with Crippen molar-refractivity contribution in [3.8, 4) is 5.75 Å². The smallest absolute Gasteiger partial charge is 0.214 e. The van der Waals surface area contributed by atoms with Crippen LogP contribution in [0.2, 0.25) is 5.02 Å². The Hall–Kier alpha value is -1.31. The standard InChI is InChI=1S/C22H27ClN2O3S.ClH/c23-18-4-1-3-16(13-18)14-21-20-15-19(7-5-17(20)6-8-22(21)24)28-11-10-25-9-2-12-29(25,26)27;/h1,3-5,7,13,15,21-22H,2,6,8-12,14,24H2;1H. The zero-order chi connectivity index (χ0) is 20.4. The molecule has 8 heteroatoms. The molecule has 164 valence electrons. The summed E-state index contributed by atoms with van der Waals surface area (Å²) in [7, 11) is -3.08. The minimum Gasteiger partial charge on any atom is -0.492 e. The molecule has 2 aliphatic rings. The topological polar surface area (TPSA) is 72.6 Å². The van der Waals surface area contributed by atoms with E-state index in [0.717, 1.165) is 30.0 Å². The lowest BCUT2D eigenvalue weighted by Crippen LogP contribution is -2.34. The summed E-state index contributed by atoms with van der Waals surface area (Å²) in [5, 5.41) is 0.737. The molecule has 0 saturated carbocycles. The normalized spacial score (nSPS) is 22.9. The number of nitrogens with two attached hydrogens (primary N) is 1. The molecule has 4 rings (SSSR count). The minimum atomic E-state index is -3.08. The maximum absolute atomic E-state index is 11.9. The van der Waals surface area contributed by atoms with Crippen LogP contribution in [0.4, 0.5) is 0 Å². The van der Waals surface area contributed by atoms with Crippen LogP contribution in [-0.2, 0) is 22.9 Å². The number of sulfonamides is 1. The Kier molecular flexibility index (Phi) is 7.69. The zero-order valence-electron chi connectivity index (χ0n) is 16.8. The maximum atomic E-state index is 11.9. The highest BCUT2D eigenvalue weighted by Crippen LogP contribution is 2.36. The average molecular weight is 471 g/mol.